The van der Waals surface area contributed by atoms with E-state index in [1.54, 1.807) is 42.0 Å². The Kier molecular flexibility index (Phi) is 6.48. The fourth-order valence-electron chi connectivity index (χ4n) is 3.28. The van der Waals surface area contributed by atoms with Gasteiger partial charge >= 0.3 is 0 Å². The highest BCUT2D eigenvalue weighted by molar-refractivity contribution is 5.95. The van der Waals surface area contributed by atoms with E-state index < -0.39 is 11.9 Å². The minimum absolute atomic E-state index is 0.106. The molecule has 1 saturated heterocycles. The number of ether oxygens (including phenoxy) is 1. The number of nitrogens with one attached hydrogen (secondary N) is 1. The molecule has 0 bridgehead atoms. The summed E-state index contributed by atoms with van der Waals surface area (Å²) in [5.74, 6) is -0.508. The Labute approximate surface area is 169 Å². The molecule has 1 fully saturated rings. The molecule has 2 heterocycles. The smallest absolute Gasteiger partial charge is 0.257 e. The first-order valence-corrected chi connectivity index (χ1v) is 9.50. The minimum atomic E-state index is -0.446. The molecule has 9 heteroatoms. The van der Waals surface area contributed by atoms with Gasteiger partial charge in [-0.05, 0) is 26.1 Å². The van der Waals surface area contributed by atoms with Gasteiger partial charge in [-0.2, -0.15) is 5.10 Å². The zero-order chi connectivity index (χ0) is 21.0. The second kappa shape index (κ2) is 9.04. The Balaban J connectivity index is 1.57. The number of amides is 2. The first kappa shape index (κ1) is 20.8. The largest absolute Gasteiger partial charge is 0.489 e. The van der Waals surface area contributed by atoms with Gasteiger partial charge in [0.1, 0.15) is 12.6 Å². The van der Waals surface area contributed by atoms with E-state index in [0.717, 1.165) is 0 Å². The van der Waals surface area contributed by atoms with Crippen LogP contribution in [-0.2, 0) is 4.79 Å². The van der Waals surface area contributed by atoms with Crippen LogP contribution in [0, 0.1) is 12.7 Å². The van der Waals surface area contributed by atoms with Crippen LogP contribution in [-0.4, -0.2) is 89.6 Å². The van der Waals surface area contributed by atoms with E-state index in [9.17, 15) is 14.0 Å². The number of halogens is 1. The van der Waals surface area contributed by atoms with Gasteiger partial charge in [0.25, 0.3) is 5.91 Å². The lowest BCUT2D eigenvalue weighted by Crippen LogP contribution is -2.59. The number of aromatic amines is 1. The summed E-state index contributed by atoms with van der Waals surface area (Å²) in [5.41, 5.74) is 1.23. The quantitative estimate of drug-likeness (QED) is 0.783. The highest BCUT2D eigenvalue weighted by Crippen LogP contribution is 2.16. The number of aryl methyl sites for hydroxylation is 1. The van der Waals surface area contributed by atoms with Crippen LogP contribution >= 0.6 is 0 Å². The van der Waals surface area contributed by atoms with Crippen LogP contribution in [0.25, 0.3) is 0 Å². The molecule has 29 heavy (non-hydrogen) atoms. The van der Waals surface area contributed by atoms with Crippen LogP contribution in [0.2, 0.25) is 0 Å². The standard InChI is InChI=1S/C20H26FN5O3/c1-14-15(12-22-23-14)19(27)26-9-8-24(2)17(13-26)20(28)25(3)10-11-29-18-7-5-4-6-16(18)21/h4-7,12,17H,8-11,13H2,1-3H3,(H,22,23)/t17-/m1/s1. The maximum atomic E-state index is 13.6. The van der Waals surface area contributed by atoms with E-state index in [1.807, 2.05) is 11.9 Å². The van der Waals surface area contributed by atoms with Crippen molar-refractivity contribution in [2.24, 2.45) is 0 Å². The van der Waals surface area contributed by atoms with Crippen LogP contribution in [0.1, 0.15) is 16.1 Å². The Morgan fingerprint density at radius 1 is 1.34 bits per heavy atom. The molecule has 0 unspecified atom stereocenters. The molecule has 1 aliphatic heterocycles. The summed E-state index contributed by atoms with van der Waals surface area (Å²) in [6.07, 6.45) is 1.51. The molecule has 0 radical (unpaired) electrons. The summed E-state index contributed by atoms with van der Waals surface area (Å²) in [5, 5.41) is 6.67. The number of hydrogen-bond donors (Lipinski definition) is 1. The van der Waals surface area contributed by atoms with Gasteiger partial charge in [0.05, 0.1) is 18.3 Å². The number of benzene rings is 1. The van der Waals surface area contributed by atoms with E-state index in [4.69, 9.17) is 4.74 Å². The summed E-state index contributed by atoms with van der Waals surface area (Å²) < 4.78 is 19.1. The molecule has 8 nitrogen and oxygen atoms in total. The SMILES string of the molecule is Cc1[nH]ncc1C(=O)N1CCN(C)[C@@H](C(=O)N(C)CCOc2ccccc2F)C1. The molecule has 0 spiro atoms. The van der Waals surface area contributed by atoms with Crippen LogP contribution in [0.15, 0.2) is 30.5 Å². The van der Waals surface area contributed by atoms with E-state index in [0.29, 0.717) is 37.4 Å². The van der Waals surface area contributed by atoms with Crippen LogP contribution in [0.4, 0.5) is 4.39 Å². The van der Waals surface area contributed by atoms with Gasteiger partial charge in [0, 0.05) is 32.4 Å². The molecule has 1 N–H and O–H groups in total. The number of para-hydroxylation sites is 1. The van der Waals surface area contributed by atoms with Gasteiger partial charge in [-0.1, -0.05) is 12.1 Å². The van der Waals surface area contributed by atoms with Crippen LogP contribution in [0.5, 0.6) is 5.75 Å². The third-order valence-electron chi connectivity index (χ3n) is 5.18. The van der Waals surface area contributed by atoms with Gasteiger partial charge < -0.3 is 14.5 Å². The molecule has 0 aliphatic carbocycles. The molecule has 2 amide bonds. The maximum Gasteiger partial charge on any atom is 0.257 e. The third kappa shape index (κ3) is 4.73. The Hall–Kier alpha value is -2.94. The number of piperazine rings is 1. The number of H-pyrrole nitrogens is 1. The number of carbonyl (C=O) groups is 2. The van der Waals surface area contributed by atoms with Crippen molar-refractivity contribution in [3.63, 3.8) is 0 Å². The van der Waals surface area contributed by atoms with Crippen molar-refractivity contribution in [1.82, 2.24) is 24.9 Å². The number of nitrogens with zero attached hydrogens (tertiary/aromatic N) is 4. The number of likely N-dealkylation sites (N-methyl/N-ethyl adjacent to an activating group) is 2. The lowest BCUT2D eigenvalue weighted by atomic mass is 10.1. The summed E-state index contributed by atoms with van der Waals surface area (Å²) >= 11 is 0. The van der Waals surface area contributed by atoms with Gasteiger partial charge in [-0.25, -0.2) is 4.39 Å². The summed E-state index contributed by atoms with van der Waals surface area (Å²) in [7, 11) is 3.55. The zero-order valence-electron chi connectivity index (χ0n) is 16.9. The Morgan fingerprint density at radius 2 is 2.10 bits per heavy atom. The highest BCUT2D eigenvalue weighted by Gasteiger charge is 2.34. The molecule has 2 aromatic rings. The monoisotopic (exact) mass is 403 g/mol. The third-order valence-corrected chi connectivity index (χ3v) is 5.18. The molecular weight excluding hydrogens is 377 g/mol. The molecule has 1 aliphatic rings. The van der Waals surface area contributed by atoms with Crippen molar-refractivity contribution in [3.8, 4) is 5.75 Å². The van der Waals surface area contributed by atoms with Crippen molar-refractivity contribution in [2.45, 2.75) is 13.0 Å². The van der Waals surface area contributed by atoms with E-state index in [2.05, 4.69) is 10.2 Å². The fourth-order valence-corrected chi connectivity index (χ4v) is 3.28. The van der Waals surface area contributed by atoms with Gasteiger partial charge in [0.15, 0.2) is 11.6 Å². The predicted octanol–water partition coefficient (Wildman–Crippen LogP) is 1.15. The topological polar surface area (TPSA) is 81.8 Å². The Morgan fingerprint density at radius 3 is 2.79 bits per heavy atom. The van der Waals surface area contributed by atoms with Crippen molar-refractivity contribution in [1.29, 1.82) is 0 Å². The molecule has 1 aromatic carbocycles. The van der Waals surface area contributed by atoms with Crippen LogP contribution < -0.4 is 4.74 Å². The van der Waals surface area contributed by atoms with Gasteiger partial charge in [-0.15, -0.1) is 0 Å². The molecular formula is C20H26FN5O3. The second-order valence-electron chi connectivity index (χ2n) is 7.19. The van der Waals surface area contributed by atoms with E-state index in [1.165, 1.54) is 12.3 Å². The van der Waals surface area contributed by atoms with Crippen molar-refractivity contribution in [3.05, 3.63) is 47.5 Å². The zero-order valence-corrected chi connectivity index (χ0v) is 16.9. The average molecular weight is 403 g/mol. The van der Waals surface area contributed by atoms with Gasteiger partial charge in [-0.3, -0.25) is 19.6 Å². The fraction of sp³-hybridized carbons (Fsp3) is 0.450. The first-order valence-electron chi connectivity index (χ1n) is 9.50. The number of aromatic nitrogens is 2. The lowest BCUT2D eigenvalue weighted by Gasteiger charge is -2.39. The number of carbonyl (C=O) groups excluding carboxylic acids is 2. The number of hydrogen-bond acceptors (Lipinski definition) is 5. The number of rotatable bonds is 6. The summed E-state index contributed by atoms with van der Waals surface area (Å²) in [6.45, 7) is 3.73. The minimum Gasteiger partial charge on any atom is -0.489 e. The second-order valence-corrected chi connectivity index (χ2v) is 7.19. The molecule has 1 atom stereocenters. The lowest BCUT2D eigenvalue weighted by molar-refractivity contribution is -0.137. The van der Waals surface area contributed by atoms with Crippen molar-refractivity contribution < 1.29 is 18.7 Å². The van der Waals surface area contributed by atoms with Crippen LogP contribution in [0.3, 0.4) is 0 Å². The predicted molar refractivity (Wildman–Crippen MR) is 105 cm³/mol. The van der Waals surface area contributed by atoms with Crippen molar-refractivity contribution in [2.75, 3.05) is 46.9 Å². The van der Waals surface area contributed by atoms with E-state index >= 15 is 0 Å². The normalized spacial score (nSPS) is 17.2. The van der Waals surface area contributed by atoms with Crippen molar-refractivity contribution >= 4 is 11.8 Å². The highest BCUT2D eigenvalue weighted by atomic mass is 19.1. The Bertz CT molecular complexity index is 871. The first-order chi connectivity index (χ1) is 13.9. The van der Waals surface area contributed by atoms with Gasteiger partial charge in [0.2, 0.25) is 5.91 Å². The summed E-state index contributed by atoms with van der Waals surface area (Å²) in [4.78, 5) is 30.9. The van der Waals surface area contributed by atoms with E-state index in [-0.39, 0.29) is 24.2 Å². The molecule has 3 rings (SSSR count). The summed E-state index contributed by atoms with van der Waals surface area (Å²) in [6, 6.07) is 5.72. The molecule has 156 valence electrons. The molecule has 0 saturated carbocycles. The molecule has 1 aromatic heterocycles. The maximum absolute atomic E-state index is 13.6. The average Bonchev–Trinajstić information content (AvgIpc) is 3.14.